The molecule has 0 aromatic heterocycles. The molecule has 2 aliphatic rings. The molecular formula is C27H39NO3S. The van der Waals surface area contributed by atoms with Crippen molar-refractivity contribution >= 4 is 22.1 Å². The second-order valence-corrected chi connectivity index (χ2v) is 13.7. The molecule has 1 saturated heterocycles. The minimum absolute atomic E-state index is 0.317. The van der Waals surface area contributed by atoms with Crippen molar-refractivity contribution in [1.29, 1.82) is 0 Å². The highest BCUT2D eigenvalue weighted by atomic mass is 32.2. The van der Waals surface area contributed by atoms with Crippen LogP contribution in [-0.4, -0.2) is 28.6 Å². The van der Waals surface area contributed by atoms with Gasteiger partial charge in [-0.3, -0.25) is 0 Å². The summed E-state index contributed by atoms with van der Waals surface area (Å²) in [5, 5.41) is 2.34. The number of ether oxygens (including phenoxy) is 2. The molecule has 4 rings (SSSR count). The molecule has 2 aromatic carbocycles. The number of benzene rings is 2. The van der Waals surface area contributed by atoms with Gasteiger partial charge in [0.2, 0.25) is 0 Å². The average molecular weight is 458 g/mol. The lowest BCUT2D eigenvalue weighted by Crippen LogP contribution is -2.61. The zero-order chi connectivity index (χ0) is 23.1. The minimum atomic E-state index is -1.16. The molecule has 1 aliphatic heterocycles. The highest BCUT2D eigenvalue weighted by Crippen LogP contribution is 2.39. The second kappa shape index (κ2) is 8.83. The smallest absolute Gasteiger partial charge is 0.136 e. The standard InChI is InChI=1S/C27H39NO3S/c1-25(2,3)21-10-13-23(14-11-21)31-24-12-8-19-15-22(9-7-20(19)16-24)27(17-30-18-27)28-32(29)26(4,5)6/h7-9,12,15-16,21,23,28H,10-11,13-14,17-18H2,1-6H3/t21-,23-,32-/m1/s1. The molecule has 176 valence electrons. The van der Waals surface area contributed by atoms with Crippen LogP contribution in [-0.2, 0) is 21.6 Å². The molecule has 32 heavy (non-hydrogen) atoms. The molecule has 1 saturated carbocycles. The molecular weight excluding hydrogens is 418 g/mol. The maximum absolute atomic E-state index is 12.7. The van der Waals surface area contributed by atoms with Crippen LogP contribution in [0.3, 0.4) is 0 Å². The summed E-state index contributed by atoms with van der Waals surface area (Å²) in [5.41, 5.74) is 1.14. The molecule has 1 aliphatic carbocycles. The van der Waals surface area contributed by atoms with Crippen LogP contribution in [0.2, 0.25) is 0 Å². The summed E-state index contributed by atoms with van der Waals surface area (Å²) in [6.07, 6.45) is 5.09. The summed E-state index contributed by atoms with van der Waals surface area (Å²) >= 11 is -1.16. The molecule has 2 fully saturated rings. The predicted molar refractivity (Wildman–Crippen MR) is 133 cm³/mol. The van der Waals surface area contributed by atoms with Crippen molar-refractivity contribution in [1.82, 2.24) is 4.72 Å². The Bertz CT molecular complexity index is 934. The minimum Gasteiger partial charge on any atom is -0.598 e. The predicted octanol–water partition coefficient (Wildman–Crippen LogP) is 6.10. The van der Waals surface area contributed by atoms with E-state index in [1.54, 1.807) is 0 Å². The molecule has 0 bridgehead atoms. The van der Waals surface area contributed by atoms with Crippen molar-refractivity contribution in [2.45, 2.75) is 83.6 Å². The SMILES string of the molecule is CC(C)(C)[S@@+]([O-])NC1(c2ccc3cc(O[C@H]4CC[C@H](C(C)(C)C)CC4)ccc3c2)COC1. The molecule has 0 amide bonds. The van der Waals surface area contributed by atoms with Crippen LogP contribution in [0.15, 0.2) is 36.4 Å². The fourth-order valence-electron chi connectivity index (χ4n) is 4.76. The van der Waals surface area contributed by atoms with Crippen molar-refractivity contribution in [2.24, 2.45) is 11.3 Å². The second-order valence-electron chi connectivity index (χ2n) is 11.7. The Kier molecular flexibility index (Phi) is 6.58. The van der Waals surface area contributed by atoms with E-state index in [0.29, 0.717) is 24.7 Å². The number of rotatable bonds is 5. The highest BCUT2D eigenvalue weighted by molar-refractivity contribution is 7.90. The van der Waals surface area contributed by atoms with Crippen molar-refractivity contribution in [3.63, 3.8) is 0 Å². The van der Waals surface area contributed by atoms with Crippen molar-refractivity contribution < 1.29 is 14.0 Å². The molecule has 0 spiro atoms. The van der Waals surface area contributed by atoms with E-state index in [1.165, 1.54) is 23.6 Å². The first-order valence-electron chi connectivity index (χ1n) is 11.9. The van der Waals surface area contributed by atoms with Gasteiger partial charge >= 0.3 is 0 Å². The van der Waals surface area contributed by atoms with E-state index in [9.17, 15) is 4.55 Å². The molecule has 1 heterocycles. The summed E-state index contributed by atoms with van der Waals surface area (Å²) < 4.78 is 27.7. The van der Waals surface area contributed by atoms with Gasteiger partial charge in [-0.05, 0) is 92.3 Å². The first-order valence-corrected chi connectivity index (χ1v) is 13.1. The Labute approximate surface area is 196 Å². The van der Waals surface area contributed by atoms with Gasteiger partial charge in [-0.15, -0.1) is 4.72 Å². The molecule has 1 atom stereocenters. The first-order chi connectivity index (χ1) is 15.0. The van der Waals surface area contributed by atoms with Gasteiger partial charge in [0.15, 0.2) is 0 Å². The van der Waals surface area contributed by atoms with Gasteiger partial charge in [0.1, 0.15) is 16.0 Å². The third kappa shape index (κ3) is 5.11. The van der Waals surface area contributed by atoms with Crippen LogP contribution >= 0.6 is 0 Å². The average Bonchev–Trinajstić information content (AvgIpc) is 2.69. The van der Waals surface area contributed by atoms with Gasteiger partial charge in [-0.2, -0.15) is 0 Å². The molecule has 5 heteroatoms. The Hall–Kier alpha value is -1.27. The van der Waals surface area contributed by atoms with E-state index in [2.05, 4.69) is 61.9 Å². The van der Waals surface area contributed by atoms with Crippen molar-refractivity contribution in [3.8, 4) is 5.75 Å². The van der Waals surface area contributed by atoms with Crippen molar-refractivity contribution in [2.75, 3.05) is 13.2 Å². The molecule has 2 aromatic rings. The van der Waals surface area contributed by atoms with E-state index in [1.807, 2.05) is 20.8 Å². The summed E-state index contributed by atoms with van der Waals surface area (Å²) in [6, 6.07) is 12.9. The Morgan fingerprint density at radius 3 is 2.12 bits per heavy atom. The van der Waals surface area contributed by atoms with Gasteiger partial charge in [0.05, 0.1) is 19.3 Å². The summed E-state index contributed by atoms with van der Waals surface area (Å²) in [4.78, 5) is 0. The van der Waals surface area contributed by atoms with Crippen molar-refractivity contribution in [3.05, 3.63) is 42.0 Å². The maximum Gasteiger partial charge on any atom is 0.136 e. The van der Waals surface area contributed by atoms with Crippen LogP contribution in [0.25, 0.3) is 10.8 Å². The van der Waals surface area contributed by atoms with Crippen LogP contribution in [0.1, 0.15) is 72.8 Å². The maximum atomic E-state index is 12.7. The van der Waals surface area contributed by atoms with Gasteiger partial charge in [-0.1, -0.05) is 39.0 Å². The number of fused-ring (bicyclic) bond motifs is 1. The Balaban J connectivity index is 1.46. The summed E-state index contributed by atoms with van der Waals surface area (Å²) in [6.45, 7) is 14.1. The first kappa shape index (κ1) is 23.9. The van der Waals surface area contributed by atoms with E-state index >= 15 is 0 Å². The summed E-state index contributed by atoms with van der Waals surface area (Å²) in [5.74, 6) is 1.75. The largest absolute Gasteiger partial charge is 0.598 e. The van der Waals surface area contributed by atoms with E-state index in [4.69, 9.17) is 9.47 Å². The molecule has 0 radical (unpaired) electrons. The van der Waals surface area contributed by atoms with E-state index in [0.717, 1.165) is 30.1 Å². The summed E-state index contributed by atoms with van der Waals surface area (Å²) in [7, 11) is 0. The lowest BCUT2D eigenvalue weighted by Gasteiger charge is -2.43. The Morgan fingerprint density at radius 2 is 1.56 bits per heavy atom. The van der Waals surface area contributed by atoms with E-state index in [-0.39, 0.29) is 10.3 Å². The third-order valence-corrected chi connectivity index (χ3v) is 8.80. The highest BCUT2D eigenvalue weighted by Gasteiger charge is 2.46. The van der Waals surface area contributed by atoms with Crippen LogP contribution in [0.4, 0.5) is 0 Å². The monoisotopic (exact) mass is 457 g/mol. The molecule has 0 unspecified atom stereocenters. The Morgan fingerprint density at radius 1 is 0.938 bits per heavy atom. The van der Waals surface area contributed by atoms with E-state index < -0.39 is 11.4 Å². The van der Waals surface area contributed by atoms with Crippen LogP contribution < -0.4 is 9.46 Å². The molecule has 4 nitrogen and oxygen atoms in total. The third-order valence-electron chi connectivity index (χ3n) is 7.11. The number of nitrogens with one attached hydrogen (secondary N) is 1. The fraction of sp³-hybridized carbons (Fsp3) is 0.630. The fourth-order valence-corrected chi connectivity index (χ4v) is 5.65. The lowest BCUT2D eigenvalue weighted by molar-refractivity contribution is -0.0666. The van der Waals surface area contributed by atoms with Crippen LogP contribution in [0, 0.1) is 11.3 Å². The zero-order valence-corrected chi connectivity index (χ0v) is 21.3. The zero-order valence-electron chi connectivity index (χ0n) is 20.5. The topological polar surface area (TPSA) is 53.5 Å². The lowest BCUT2D eigenvalue weighted by atomic mass is 9.72. The van der Waals surface area contributed by atoms with Gasteiger partial charge in [0, 0.05) is 11.4 Å². The van der Waals surface area contributed by atoms with Crippen LogP contribution in [0.5, 0.6) is 5.75 Å². The molecule has 1 N–H and O–H groups in total. The van der Waals surface area contributed by atoms with Gasteiger partial charge in [-0.25, -0.2) is 0 Å². The van der Waals surface area contributed by atoms with Gasteiger partial charge < -0.3 is 14.0 Å². The number of hydrogen-bond acceptors (Lipinski definition) is 4. The quantitative estimate of drug-likeness (QED) is 0.551. The van der Waals surface area contributed by atoms with Gasteiger partial charge in [0.25, 0.3) is 0 Å². The number of hydrogen-bond donors (Lipinski definition) is 1. The normalized spacial score (nSPS) is 24.7.